The van der Waals surface area contributed by atoms with E-state index in [0.717, 1.165) is 29.2 Å². The Morgan fingerprint density at radius 1 is 1.07 bits per heavy atom. The SMILES string of the molecule is COc1ccc(NC(=O)CN(C)C(=O)CCS(=O)(=O)c2ccc(F)cc2)cc1. The fourth-order valence-electron chi connectivity index (χ4n) is 2.35. The average molecular weight is 408 g/mol. The Kier molecular flexibility index (Phi) is 7.11. The van der Waals surface area contributed by atoms with Crippen LogP contribution in [0, 0.1) is 5.82 Å². The molecule has 0 atom stereocenters. The van der Waals surface area contributed by atoms with Crippen LogP contribution in [0.15, 0.2) is 53.4 Å². The minimum atomic E-state index is -3.72. The standard InChI is InChI=1S/C19H21FN2O5S/c1-22(13-18(23)21-15-5-7-16(27-2)8-6-15)19(24)11-12-28(25,26)17-9-3-14(20)4-10-17/h3-10H,11-13H2,1-2H3,(H,21,23). The van der Waals surface area contributed by atoms with Crippen molar-refractivity contribution < 1.29 is 27.1 Å². The van der Waals surface area contributed by atoms with Crippen LogP contribution in [-0.4, -0.2) is 51.6 Å². The van der Waals surface area contributed by atoms with Crippen molar-refractivity contribution in [3.8, 4) is 5.75 Å². The summed E-state index contributed by atoms with van der Waals surface area (Å²) in [6.45, 7) is -0.221. The second-order valence-electron chi connectivity index (χ2n) is 6.05. The van der Waals surface area contributed by atoms with Crippen LogP contribution in [0.4, 0.5) is 10.1 Å². The van der Waals surface area contributed by atoms with Crippen molar-refractivity contribution in [2.45, 2.75) is 11.3 Å². The van der Waals surface area contributed by atoms with Gasteiger partial charge < -0.3 is 15.0 Å². The third-order valence-electron chi connectivity index (χ3n) is 3.94. The molecule has 0 spiro atoms. The summed E-state index contributed by atoms with van der Waals surface area (Å²) >= 11 is 0. The first kappa shape index (κ1) is 21.4. The van der Waals surface area contributed by atoms with Crippen molar-refractivity contribution >= 4 is 27.3 Å². The van der Waals surface area contributed by atoms with Crippen molar-refractivity contribution in [2.24, 2.45) is 0 Å². The van der Waals surface area contributed by atoms with Crippen LogP contribution in [0.2, 0.25) is 0 Å². The summed E-state index contributed by atoms with van der Waals surface area (Å²) in [5.41, 5.74) is 0.547. The van der Waals surface area contributed by atoms with Crippen LogP contribution in [-0.2, 0) is 19.4 Å². The lowest BCUT2D eigenvalue weighted by molar-refractivity contribution is -0.132. The molecule has 7 nitrogen and oxygen atoms in total. The van der Waals surface area contributed by atoms with E-state index in [2.05, 4.69) is 5.32 Å². The molecule has 0 fully saturated rings. The molecule has 150 valence electrons. The molecule has 9 heteroatoms. The molecule has 0 aromatic heterocycles. The molecule has 0 aliphatic carbocycles. The summed E-state index contributed by atoms with van der Waals surface area (Å²) in [5.74, 6) is -1.23. The third kappa shape index (κ3) is 6.05. The van der Waals surface area contributed by atoms with Gasteiger partial charge in [0.25, 0.3) is 0 Å². The Morgan fingerprint density at radius 3 is 2.25 bits per heavy atom. The summed E-state index contributed by atoms with van der Waals surface area (Å²) in [6, 6.07) is 11.1. The number of amides is 2. The summed E-state index contributed by atoms with van der Waals surface area (Å²) in [7, 11) is -0.767. The van der Waals surface area contributed by atoms with Crippen molar-refractivity contribution in [1.29, 1.82) is 0 Å². The number of sulfone groups is 1. The summed E-state index contributed by atoms with van der Waals surface area (Å²) in [5, 5.41) is 2.64. The van der Waals surface area contributed by atoms with E-state index in [1.807, 2.05) is 0 Å². The van der Waals surface area contributed by atoms with E-state index in [9.17, 15) is 22.4 Å². The lowest BCUT2D eigenvalue weighted by Crippen LogP contribution is -2.35. The Hall–Kier alpha value is -2.94. The molecular weight excluding hydrogens is 387 g/mol. The zero-order chi connectivity index (χ0) is 20.7. The Balaban J connectivity index is 1.86. The monoisotopic (exact) mass is 408 g/mol. The highest BCUT2D eigenvalue weighted by Crippen LogP contribution is 2.15. The van der Waals surface area contributed by atoms with Gasteiger partial charge in [-0.25, -0.2) is 12.8 Å². The summed E-state index contributed by atoms with van der Waals surface area (Å²) < 4.78 is 42.3. The normalized spacial score (nSPS) is 11.0. The Morgan fingerprint density at radius 2 is 1.68 bits per heavy atom. The van der Waals surface area contributed by atoms with E-state index >= 15 is 0 Å². The summed E-state index contributed by atoms with van der Waals surface area (Å²) in [6.07, 6.45) is -0.286. The van der Waals surface area contributed by atoms with Gasteiger partial charge in [-0.15, -0.1) is 0 Å². The molecule has 2 amide bonds. The molecule has 0 aliphatic rings. The van der Waals surface area contributed by atoms with Crippen LogP contribution in [0.1, 0.15) is 6.42 Å². The zero-order valence-electron chi connectivity index (χ0n) is 15.5. The first-order valence-corrected chi connectivity index (χ1v) is 10.0. The summed E-state index contributed by atoms with van der Waals surface area (Å²) in [4.78, 5) is 25.3. The lowest BCUT2D eigenvalue weighted by atomic mass is 10.3. The number of anilines is 1. The van der Waals surface area contributed by atoms with Gasteiger partial charge in [-0.3, -0.25) is 9.59 Å². The van der Waals surface area contributed by atoms with Gasteiger partial charge in [0.2, 0.25) is 11.8 Å². The van der Waals surface area contributed by atoms with E-state index in [0.29, 0.717) is 11.4 Å². The largest absolute Gasteiger partial charge is 0.497 e. The molecule has 2 aromatic carbocycles. The molecule has 0 heterocycles. The van der Waals surface area contributed by atoms with Gasteiger partial charge in [-0.2, -0.15) is 0 Å². The number of likely N-dealkylation sites (N-methyl/N-ethyl adjacent to an activating group) is 1. The smallest absolute Gasteiger partial charge is 0.243 e. The Labute approximate surface area is 163 Å². The number of hydrogen-bond acceptors (Lipinski definition) is 5. The number of nitrogens with zero attached hydrogens (tertiary/aromatic N) is 1. The van der Waals surface area contributed by atoms with Crippen LogP contribution in [0.5, 0.6) is 5.75 Å². The molecule has 28 heavy (non-hydrogen) atoms. The first-order chi connectivity index (χ1) is 13.2. The van der Waals surface area contributed by atoms with Crippen molar-refractivity contribution in [1.82, 2.24) is 4.90 Å². The predicted octanol–water partition coefficient (Wildman–Crippen LogP) is 2.10. The number of nitrogens with one attached hydrogen (secondary N) is 1. The van der Waals surface area contributed by atoms with Crippen LogP contribution in [0.25, 0.3) is 0 Å². The van der Waals surface area contributed by atoms with Gasteiger partial charge in [0.15, 0.2) is 9.84 Å². The zero-order valence-corrected chi connectivity index (χ0v) is 16.3. The van der Waals surface area contributed by atoms with Gasteiger partial charge >= 0.3 is 0 Å². The molecule has 0 saturated carbocycles. The van der Waals surface area contributed by atoms with E-state index in [1.54, 1.807) is 24.3 Å². The van der Waals surface area contributed by atoms with Gasteiger partial charge in [-0.1, -0.05) is 0 Å². The van der Waals surface area contributed by atoms with Crippen molar-refractivity contribution in [3.63, 3.8) is 0 Å². The maximum atomic E-state index is 12.9. The molecule has 2 aromatic rings. The minimum Gasteiger partial charge on any atom is -0.497 e. The molecule has 0 saturated heterocycles. The second kappa shape index (κ2) is 9.32. The molecule has 0 bridgehead atoms. The minimum absolute atomic E-state index is 0.0541. The lowest BCUT2D eigenvalue weighted by Gasteiger charge is -2.17. The number of halogens is 1. The number of carbonyl (C=O) groups is 2. The number of rotatable bonds is 8. The fraction of sp³-hybridized carbons (Fsp3) is 0.263. The van der Waals surface area contributed by atoms with Crippen LogP contribution < -0.4 is 10.1 Å². The van der Waals surface area contributed by atoms with E-state index in [-0.39, 0.29) is 17.9 Å². The van der Waals surface area contributed by atoms with Crippen molar-refractivity contribution in [2.75, 3.05) is 31.8 Å². The molecule has 1 N–H and O–H groups in total. The maximum Gasteiger partial charge on any atom is 0.243 e. The highest BCUT2D eigenvalue weighted by atomic mass is 32.2. The van der Waals surface area contributed by atoms with Gasteiger partial charge in [0.05, 0.1) is 24.3 Å². The number of hydrogen-bond donors (Lipinski definition) is 1. The van der Waals surface area contributed by atoms with Crippen LogP contribution >= 0.6 is 0 Å². The predicted molar refractivity (Wildman–Crippen MR) is 102 cm³/mol. The van der Waals surface area contributed by atoms with Gasteiger partial charge in [0.1, 0.15) is 11.6 Å². The van der Waals surface area contributed by atoms with Gasteiger partial charge in [-0.05, 0) is 48.5 Å². The highest BCUT2D eigenvalue weighted by Gasteiger charge is 2.19. The van der Waals surface area contributed by atoms with Crippen LogP contribution in [0.3, 0.4) is 0 Å². The second-order valence-corrected chi connectivity index (χ2v) is 8.16. The first-order valence-electron chi connectivity index (χ1n) is 8.37. The number of methoxy groups -OCH3 is 1. The quantitative estimate of drug-likeness (QED) is 0.676. The fourth-order valence-corrected chi connectivity index (χ4v) is 3.58. The number of carbonyl (C=O) groups excluding carboxylic acids is 2. The third-order valence-corrected chi connectivity index (χ3v) is 5.67. The molecular formula is C19H21FN2O5S. The molecule has 0 unspecified atom stereocenters. The van der Waals surface area contributed by atoms with Gasteiger partial charge in [0, 0.05) is 19.2 Å². The highest BCUT2D eigenvalue weighted by molar-refractivity contribution is 7.91. The molecule has 2 rings (SSSR count). The van der Waals surface area contributed by atoms with Crippen molar-refractivity contribution in [3.05, 3.63) is 54.3 Å². The van der Waals surface area contributed by atoms with E-state index in [1.165, 1.54) is 14.2 Å². The maximum absolute atomic E-state index is 12.9. The van der Waals surface area contributed by atoms with E-state index < -0.39 is 33.2 Å². The topological polar surface area (TPSA) is 92.8 Å². The average Bonchev–Trinajstić information content (AvgIpc) is 2.67. The molecule has 0 radical (unpaired) electrons. The molecule has 0 aliphatic heterocycles. The number of ether oxygens (including phenoxy) is 1. The Bertz CT molecular complexity index is 928. The number of benzene rings is 2. The van der Waals surface area contributed by atoms with E-state index in [4.69, 9.17) is 4.74 Å².